The zero-order valence-corrected chi connectivity index (χ0v) is 11.6. The number of rotatable bonds is 4. The second-order valence-corrected chi connectivity index (χ2v) is 6.04. The molecule has 2 nitrogen and oxygen atoms in total. The van der Waals surface area contributed by atoms with Crippen molar-refractivity contribution in [2.45, 2.75) is 56.8 Å². The van der Waals surface area contributed by atoms with Crippen molar-refractivity contribution in [3.63, 3.8) is 0 Å². The summed E-state index contributed by atoms with van der Waals surface area (Å²) < 4.78 is 32.7. The van der Waals surface area contributed by atoms with Crippen LogP contribution in [-0.4, -0.2) is 18.2 Å². The van der Waals surface area contributed by atoms with Crippen molar-refractivity contribution in [3.05, 3.63) is 35.4 Å². The fourth-order valence-corrected chi connectivity index (χ4v) is 3.47. The van der Waals surface area contributed by atoms with Gasteiger partial charge in [-0.15, -0.1) is 0 Å². The Hall–Kier alpha value is -1.00. The van der Waals surface area contributed by atoms with Gasteiger partial charge in [0.2, 0.25) is 0 Å². The summed E-state index contributed by atoms with van der Waals surface area (Å²) in [7, 11) is 0. The van der Waals surface area contributed by atoms with Crippen molar-refractivity contribution in [2.24, 2.45) is 0 Å². The molecule has 1 unspecified atom stereocenters. The Morgan fingerprint density at radius 1 is 1.20 bits per heavy atom. The van der Waals surface area contributed by atoms with Crippen LogP contribution in [0.2, 0.25) is 0 Å². The van der Waals surface area contributed by atoms with Gasteiger partial charge in [0.05, 0.1) is 11.7 Å². The van der Waals surface area contributed by atoms with Gasteiger partial charge < -0.3 is 10.1 Å². The molecule has 110 valence electrons. The topological polar surface area (TPSA) is 21.3 Å². The van der Waals surface area contributed by atoms with Crippen molar-refractivity contribution < 1.29 is 13.5 Å². The molecular formula is C16H21F2NO. The van der Waals surface area contributed by atoms with Crippen LogP contribution >= 0.6 is 0 Å². The van der Waals surface area contributed by atoms with Crippen molar-refractivity contribution >= 4 is 0 Å². The van der Waals surface area contributed by atoms with Crippen LogP contribution in [0, 0.1) is 11.6 Å². The molecule has 1 saturated heterocycles. The Balaban J connectivity index is 1.47. The molecule has 1 spiro atoms. The van der Waals surface area contributed by atoms with Gasteiger partial charge in [-0.25, -0.2) is 8.78 Å². The molecule has 20 heavy (non-hydrogen) atoms. The minimum atomic E-state index is -0.398. The molecule has 1 saturated carbocycles. The van der Waals surface area contributed by atoms with E-state index in [0.29, 0.717) is 18.7 Å². The second kappa shape index (κ2) is 5.78. The van der Waals surface area contributed by atoms with Crippen LogP contribution in [0.5, 0.6) is 0 Å². The fraction of sp³-hybridized carbons (Fsp3) is 0.625. The maximum atomic E-state index is 13.5. The minimum Gasteiger partial charge on any atom is -0.370 e. The molecular weight excluding hydrogens is 260 g/mol. The lowest BCUT2D eigenvalue weighted by Gasteiger charge is -2.24. The van der Waals surface area contributed by atoms with Gasteiger partial charge in [-0.3, -0.25) is 0 Å². The van der Waals surface area contributed by atoms with Crippen LogP contribution in [0.15, 0.2) is 18.2 Å². The highest BCUT2D eigenvalue weighted by Gasteiger charge is 2.41. The highest BCUT2D eigenvalue weighted by molar-refractivity contribution is 5.18. The molecule has 4 heteroatoms. The molecule has 0 amide bonds. The van der Waals surface area contributed by atoms with E-state index in [1.807, 2.05) is 0 Å². The molecule has 1 aliphatic carbocycles. The van der Waals surface area contributed by atoms with Crippen molar-refractivity contribution in [1.82, 2.24) is 5.32 Å². The predicted molar refractivity (Wildman–Crippen MR) is 73.4 cm³/mol. The van der Waals surface area contributed by atoms with E-state index in [1.165, 1.54) is 37.8 Å². The van der Waals surface area contributed by atoms with Crippen molar-refractivity contribution in [2.75, 3.05) is 6.54 Å². The summed E-state index contributed by atoms with van der Waals surface area (Å²) in [5, 5.41) is 3.19. The first-order chi connectivity index (χ1) is 9.67. The standard InChI is InChI=1S/C16H21F2NO/c17-13-3-4-15(18)12(9-13)10-19-11-14-5-8-16(20-14)6-1-2-7-16/h3-4,9,14,19H,1-2,5-8,10-11H2. The quantitative estimate of drug-likeness (QED) is 0.911. The molecule has 1 atom stereocenters. The van der Waals surface area contributed by atoms with E-state index >= 15 is 0 Å². The van der Waals surface area contributed by atoms with Crippen LogP contribution in [-0.2, 0) is 11.3 Å². The highest BCUT2D eigenvalue weighted by atomic mass is 19.1. The minimum absolute atomic E-state index is 0.135. The van der Waals surface area contributed by atoms with Gasteiger partial charge in [0.25, 0.3) is 0 Å². The molecule has 0 bridgehead atoms. The second-order valence-electron chi connectivity index (χ2n) is 6.04. The lowest BCUT2D eigenvalue weighted by atomic mass is 9.98. The van der Waals surface area contributed by atoms with Crippen LogP contribution in [0.1, 0.15) is 44.1 Å². The molecule has 1 aromatic carbocycles. The van der Waals surface area contributed by atoms with E-state index in [1.54, 1.807) is 0 Å². The Kier molecular flexibility index (Phi) is 4.03. The molecule has 2 aliphatic rings. The maximum Gasteiger partial charge on any atom is 0.127 e. The van der Waals surface area contributed by atoms with E-state index in [2.05, 4.69) is 5.32 Å². The number of hydrogen-bond donors (Lipinski definition) is 1. The van der Waals surface area contributed by atoms with Crippen LogP contribution in [0.25, 0.3) is 0 Å². The Morgan fingerprint density at radius 2 is 2.00 bits per heavy atom. The predicted octanol–water partition coefficient (Wildman–Crippen LogP) is 3.55. The van der Waals surface area contributed by atoms with Crippen LogP contribution in [0.4, 0.5) is 8.78 Å². The molecule has 1 N–H and O–H groups in total. The summed E-state index contributed by atoms with van der Waals surface area (Å²) in [6.45, 7) is 1.05. The van der Waals surface area contributed by atoms with Crippen LogP contribution < -0.4 is 5.32 Å². The Bertz CT molecular complexity index is 472. The molecule has 1 heterocycles. The van der Waals surface area contributed by atoms with E-state index in [4.69, 9.17) is 4.74 Å². The number of ether oxygens (including phenoxy) is 1. The van der Waals surface area contributed by atoms with Gasteiger partial charge in [-0.2, -0.15) is 0 Å². The third kappa shape index (κ3) is 3.01. The lowest BCUT2D eigenvalue weighted by molar-refractivity contribution is -0.0352. The summed E-state index contributed by atoms with van der Waals surface area (Å²) >= 11 is 0. The average Bonchev–Trinajstić information content (AvgIpc) is 3.05. The Labute approximate surface area is 118 Å². The van der Waals surface area contributed by atoms with Crippen molar-refractivity contribution in [3.8, 4) is 0 Å². The smallest absolute Gasteiger partial charge is 0.127 e. The normalized spacial score (nSPS) is 24.6. The summed E-state index contributed by atoms with van der Waals surface area (Å²) in [6, 6.07) is 3.56. The van der Waals surface area contributed by atoms with E-state index in [-0.39, 0.29) is 17.5 Å². The molecule has 0 radical (unpaired) electrons. The van der Waals surface area contributed by atoms with Gasteiger partial charge in [0.15, 0.2) is 0 Å². The first kappa shape index (κ1) is 14.0. The van der Waals surface area contributed by atoms with E-state index < -0.39 is 5.82 Å². The highest BCUT2D eigenvalue weighted by Crippen LogP contribution is 2.43. The van der Waals surface area contributed by atoms with E-state index in [0.717, 1.165) is 18.9 Å². The number of halogens is 2. The monoisotopic (exact) mass is 281 g/mol. The van der Waals surface area contributed by atoms with Crippen LogP contribution in [0.3, 0.4) is 0 Å². The summed E-state index contributed by atoms with van der Waals surface area (Å²) in [5.41, 5.74) is 0.509. The number of nitrogens with one attached hydrogen (secondary N) is 1. The van der Waals surface area contributed by atoms with Crippen molar-refractivity contribution in [1.29, 1.82) is 0 Å². The first-order valence-electron chi connectivity index (χ1n) is 7.49. The maximum absolute atomic E-state index is 13.5. The third-order valence-electron chi connectivity index (χ3n) is 4.55. The van der Waals surface area contributed by atoms with Gasteiger partial charge in [0.1, 0.15) is 11.6 Å². The summed E-state index contributed by atoms with van der Waals surface area (Å²) in [4.78, 5) is 0. The first-order valence-corrected chi connectivity index (χ1v) is 7.49. The molecule has 1 aromatic rings. The van der Waals surface area contributed by atoms with E-state index in [9.17, 15) is 8.78 Å². The van der Waals surface area contributed by atoms with Gasteiger partial charge >= 0.3 is 0 Å². The number of hydrogen-bond acceptors (Lipinski definition) is 2. The SMILES string of the molecule is Fc1ccc(F)c(CNCC2CCC3(CCCC3)O2)c1. The molecule has 2 fully saturated rings. The fourth-order valence-electron chi connectivity index (χ4n) is 3.47. The lowest BCUT2D eigenvalue weighted by Crippen LogP contribution is -2.31. The zero-order valence-electron chi connectivity index (χ0n) is 11.6. The van der Waals surface area contributed by atoms with Gasteiger partial charge in [0, 0.05) is 18.7 Å². The largest absolute Gasteiger partial charge is 0.370 e. The zero-order chi connectivity index (χ0) is 14.0. The van der Waals surface area contributed by atoms with Gasteiger partial charge in [-0.05, 0) is 43.9 Å². The molecule has 3 rings (SSSR count). The molecule has 0 aromatic heterocycles. The summed E-state index contributed by atoms with van der Waals surface area (Å²) in [6.07, 6.45) is 7.34. The number of benzene rings is 1. The third-order valence-corrected chi connectivity index (χ3v) is 4.55. The van der Waals surface area contributed by atoms with Gasteiger partial charge in [-0.1, -0.05) is 12.8 Å². The Morgan fingerprint density at radius 3 is 2.80 bits per heavy atom. The average molecular weight is 281 g/mol. The molecule has 1 aliphatic heterocycles. The summed E-state index contributed by atoms with van der Waals surface area (Å²) in [5.74, 6) is -0.760.